The Morgan fingerprint density at radius 3 is 2.70 bits per heavy atom. The minimum Gasteiger partial charge on any atom is -0.327 e. The first kappa shape index (κ1) is 15.9. The van der Waals surface area contributed by atoms with Gasteiger partial charge in [0.15, 0.2) is 0 Å². The van der Waals surface area contributed by atoms with Gasteiger partial charge in [-0.25, -0.2) is 12.8 Å². The predicted molar refractivity (Wildman–Crippen MR) is 79.2 cm³/mol. The summed E-state index contributed by atoms with van der Waals surface area (Å²) in [6.45, 7) is 4.58. The Morgan fingerprint density at radius 2 is 2.10 bits per heavy atom. The van der Waals surface area contributed by atoms with Crippen molar-refractivity contribution in [1.29, 1.82) is 0 Å². The zero-order chi connectivity index (χ0) is 15.1. The van der Waals surface area contributed by atoms with Gasteiger partial charge in [0, 0.05) is 23.6 Å². The maximum absolute atomic E-state index is 13.3. The summed E-state index contributed by atoms with van der Waals surface area (Å²) in [7, 11) is -3.72. The van der Waals surface area contributed by atoms with E-state index in [1.165, 1.54) is 16.4 Å². The molecule has 1 fully saturated rings. The third-order valence-corrected chi connectivity index (χ3v) is 6.63. The molecule has 1 aromatic carbocycles. The summed E-state index contributed by atoms with van der Waals surface area (Å²) in [6, 6.07) is 3.63. The van der Waals surface area contributed by atoms with Crippen LogP contribution in [-0.2, 0) is 10.0 Å². The Morgan fingerprint density at radius 1 is 1.45 bits per heavy atom. The summed E-state index contributed by atoms with van der Waals surface area (Å²) in [5, 5.41) is 0. The highest BCUT2D eigenvalue weighted by molar-refractivity contribution is 9.10. The summed E-state index contributed by atoms with van der Waals surface area (Å²) in [6.07, 6.45) is 0.596. The lowest BCUT2D eigenvalue weighted by Gasteiger charge is -2.41. The molecule has 0 amide bonds. The van der Waals surface area contributed by atoms with E-state index in [2.05, 4.69) is 15.9 Å². The number of hydrogen-bond donors (Lipinski definition) is 1. The first-order chi connectivity index (χ1) is 9.14. The van der Waals surface area contributed by atoms with Crippen molar-refractivity contribution in [3.8, 4) is 0 Å². The molecule has 20 heavy (non-hydrogen) atoms. The van der Waals surface area contributed by atoms with Gasteiger partial charge >= 0.3 is 0 Å². The van der Waals surface area contributed by atoms with E-state index in [4.69, 9.17) is 5.73 Å². The Bertz CT molecular complexity index is 619. The molecule has 1 aliphatic heterocycles. The second-order valence-corrected chi connectivity index (χ2v) is 8.56. The predicted octanol–water partition coefficient (Wildman–Crippen LogP) is 2.34. The minimum atomic E-state index is -3.72. The van der Waals surface area contributed by atoms with Gasteiger partial charge in [-0.1, -0.05) is 13.8 Å². The fraction of sp³-hybridized carbons (Fsp3) is 0.538. The zero-order valence-electron chi connectivity index (χ0n) is 11.4. The van der Waals surface area contributed by atoms with Crippen LogP contribution in [0.5, 0.6) is 0 Å². The SMILES string of the molecule is CC1(C)CN(S(=O)(=O)c2cc(F)ccc2Br)CCC1N. The molecule has 4 nitrogen and oxygen atoms in total. The van der Waals surface area contributed by atoms with E-state index in [0.717, 1.165) is 6.07 Å². The van der Waals surface area contributed by atoms with Crippen LogP contribution in [0.25, 0.3) is 0 Å². The van der Waals surface area contributed by atoms with E-state index in [0.29, 0.717) is 24.0 Å². The first-order valence-electron chi connectivity index (χ1n) is 6.35. The van der Waals surface area contributed by atoms with Gasteiger partial charge in [-0.2, -0.15) is 4.31 Å². The highest BCUT2D eigenvalue weighted by atomic mass is 79.9. The number of benzene rings is 1. The molecule has 2 N–H and O–H groups in total. The van der Waals surface area contributed by atoms with Crippen LogP contribution in [0.2, 0.25) is 0 Å². The molecule has 1 aromatic rings. The van der Waals surface area contributed by atoms with Gasteiger partial charge in [0.05, 0.1) is 4.90 Å². The molecule has 0 aliphatic carbocycles. The molecule has 1 atom stereocenters. The number of halogens is 2. The van der Waals surface area contributed by atoms with Crippen LogP contribution in [0.3, 0.4) is 0 Å². The molecule has 2 rings (SSSR count). The monoisotopic (exact) mass is 364 g/mol. The van der Waals surface area contributed by atoms with E-state index in [9.17, 15) is 12.8 Å². The highest BCUT2D eigenvalue weighted by Gasteiger charge is 2.39. The summed E-state index contributed by atoms with van der Waals surface area (Å²) < 4.78 is 40.4. The standard InChI is InChI=1S/C13H18BrFN2O2S/c1-13(2)8-17(6-5-12(13)16)20(18,19)11-7-9(15)3-4-10(11)14/h3-4,7,12H,5-6,8,16H2,1-2H3. The van der Waals surface area contributed by atoms with Gasteiger partial charge < -0.3 is 5.73 Å². The number of hydrogen-bond acceptors (Lipinski definition) is 3. The van der Waals surface area contributed by atoms with Crippen LogP contribution < -0.4 is 5.73 Å². The lowest BCUT2D eigenvalue weighted by atomic mass is 9.81. The topological polar surface area (TPSA) is 63.4 Å². The van der Waals surface area contributed by atoms with Crippen molar-refractivity contribution in [3.05, 3.63) is 28.5 Å². The average molecular weight is 365 g/mol. The van der Waals surface area contributed by atoms with E-state index in [1.54, 1.807) is 0 Å². The highest BCUT2D eigenvalue weighted by Crippen LogP contribution is 2.33. The molecule has 0 saturated carbocycles. The second kappa shape index (κ2) is 5.36. The van der Waals surface area contributed by atoms with Crippen LogP contribution in [0.1, 0.15) is 20.3 Å². The normalized spacial score (nSPS) is 23.8. The quantitative estimate of drug-likeness (QED) is 0.875. The molecule has 1 aliphatic rings. The van der Waals surface area contributed by atoms with Crippen LogP contribution >= 0.6 is 15.9 Å². The third-order valence-electron chi connectivity index (χ3n) is 3.79. The molecule has 1 saturated heterocycles. The van der Waals surface area contributed by atoms with Gasteiger partial charge in [0.2, 0.25) is 10.0 Å². The molecule has 1 heterocycles. The van der Waals surface area contributed by atoms with E-state index >= 15 is 0 Å². The number of piperidine rings is 1. The Balaban J connectivity index is 2.38. The van der Waals surface area contributed by atoms with Gasteiger partial charge in [-0.15, -0.1) is 0 Å². The largest absolute Gasteiger partial charge is 0.327 e. The van der Waals surface area contributed by atoms with Crippen molar-refractivity contribution in [2.75, 3.05) is 13.1 Å². The molecule has 0 spiro atoms. The number of rotatable bonds is 2. The van der Waals surface area contributed by atoms with Crippen LogP contribution in [-0.4, -0.2) is 31.9 Å². The van der Waals surface area contributed by atoms with Gasteiger partial charge in [0.25, 0.3) is 0 Å². The Kier molecular flexibility index (Phi) is 4.26. The molecule has 0 radical (unpaired) electrons. The molecule has 112 valence electrons. The maximum atomic E-state index is 13.3. The number of nitrogens with zero attached hydrogens (tertiary/aromatic N) is 1. The van der Waals surface area contributed by atoms with Crippen molar-refractivity contribution in [3.63, 3.8) is 0 Å². The number of sulfonamides is 1. The minimum absolute atomic E-state index is 0.0371. The first-order valence-corrected chi connectivity index (χ1v) is 8.59. The molecule has 7 heteroatoms. The fourth-order valence-electron chi connectivity index (χ4n) is 2.34. The van der Waals surface area contributed by atoms with Crippen molar-refractivity contribution in [2.45, 2.75) is 31.2 Å². The van der Waals surface area contributed by atoms with Crippen molar-refractivity contribution in [2.24, 2.45) is 11.1 Å². The fourth-order valence-corrected chi connectivity index (χ4v) is 4.91. The summed E-state index contributed by atoms with van der Waals surface area (Å²) in [5.74, 6) is -0.570. The van der Waals surface area contributed by atoms with Crippen LogP contribution in [0, 0.1) is 11.2 Å². The molecule has 0 bridgehead atoms. The van der Waals surface area contributed by atoms with Crippen molar-refractivity contribution in [1.82, 2.24) is 4.31 Å². The van der Waals surface area contributed by atoms with Crippen LogP contribution in [0.15, 0.2) is 27.6 Å². The molecule has 0 aromatic heterocycles. The van der Waals surface area contributed by atoms with Crippen molar-refractivity contribution < 1.29 is 12.8 Å². The zero-order valence-corrected chi connectivity index (χ0v) is 13.8. The van der Waals surface area contributed by atoms with Crippen molar-refractivity contribution >= 4 is 26.0 Å². The van der Waals surface area contributed by atoms with E-state index in [1.807, 2.05) is 13.8 Å². The summed E-state index contributed by atoms with van der Waals surface area (Å²) in [4.78, 5) is -0.0382. The smallest absolute Gasteiger partial charge is 0.244 e. The third kappa shape index (κ3) is 2.90. The van der Waals surface area contributed by atoms with E-state index < -0.39 is 15.8 Å². The van der Waals surface area contributed by atoms with Gasteiger partial charge in [-0.05, 0) is 46.0 Å². The average Bonchev–Trinajstić information content (AvgIpc) is 2.35. The van der Waals surface area contributed by atoms with Gasteiger partial charge in [0.1, 0.15) is 5.82 Å². The molecular weight excluding hydrogens is 347 g/mol. The summed E-state index contributed by atoms with van der Waals surface area (Å²) >= 11 is 3.18. The Hall–Kier alpha value is -0.500. The molecule has 1 unspecified atom stereocenters. The Labute approximate surface area is 127 Å². The second-order valence-electron chi connectivity index (χ2n) is 5.80. The number of nitrogens with two attached hydrogens (primary N) is 1. The maximum Gasteiger partial charge on any atom is 0.244 e. The molecular formula is C13H18BrFN2O2S. The van der Waals surface area contributed by atoms with Gasteiger partial charge in [-0.3, -0.25) is 0 Å². The lowest BCUT2D eigenvalue weighted by molar-refractivity contribution is 0.155. The lowest BCUT2D eigenvalue weighted by Crippen LogP contribution is -2.53. The van der Waals surface area contributed by atoms with Crippen LogP contribution in [0.4, 0.5) is 4.39 Å². The van der Waals surface area contributed by atoms with E-state index in [-0.39, 0.29) is 16.4 Å². The summed E-state index contributed by atoms with van der Waals surface area (Å²) in [5.41, 5.74) is 5.72.